The standard InChI is InChI=1S/C15H23N/c1-8-14-11(4)9(2)10(3)12(5)15(14)13(6)16-7/h8H2,1-7H3/b16-13+. The van der Waals surface area contributed by atoms with Crippen LogP contribution in [0.3, 0.4) is 0 Å². The zero-order valence-electron chi connectivity index (χ0n) is 11.7. The molecule has 1 heteroatoms. The molecule has 0 atom stereocenters. The molecule has 0 amide bonds. The second kappa shape index (κ2) is 4.82. The topological polar surface area (TPSA) is 12.4 Å². The number of benzene rings is 1. The van der Waals surface area contributed by atoms with Crippen molar-refractivity contribution in [3.05, 3.63) is 33.4 Å². The SMILES string of the molecule is CCc1c(C)c(C)c(C)c(C)c1/C(C)=N/C. The van der Waals surface area contributed by atoms with E-state index < -0.39 is 0 Å². The van der Waals surface area contributed by atoms with Crippen molar-refractivity contribution in [3.63, 3.8) is 0 Å². The molecule has 0 N–H and O–H groups in total. The van der Waals surface area contributed by atoms with E-state index in [0.29, 0.717) is 0 Å². The molecule has 0 aliphatic rings. The van der Waals surface area contributed by atoms with Crippen molar-refractivity contribution in [3.8, 4) is 0 Å². The van der Waals surface area contributed by atoms with Crippen molar-refractivity contribution in [2.75, 3.05) is 7.05 Å². The average molecular weight is 217 g/mol. The molecule has 0 bridgehead atoms. The van der Waals surface area contributed by atoms with Crippen LogP contribution in [0, 0.1) is 27.7 Å². The summed E-state index contributed by atoms with van der Waals surface area (Å²) in [6, 6.07) is 0. The van der Waals surface area contributed by atoms with Gasteiger partial charge >= 0.3 is 0 Å². The van der Waals surface area contributed by atoms with Gasteiger partial charge in [-0.05, 0) is 68.9 Å². The van der Waals surface area contributed by atoms with E-state index >= 15 is 0 Å². The molecule has 1 nitrogen and oxygen atoms in total. The fraction of sp³-hybridized carbons (Fsp3) is 0.533. The molecular weight excluding hydrogens is 194 g/mol. The van der Waals surface area contributed by atoms with E-state index in [1.54, 1.807) is 0 Å². The monoisotopic (exact) mass is 217 g/mol. The lowest BCUT2D eigenvalue weighted by Crippen LogP contribution is -2.09. The lowest BCUT2D eigenvalue weighted by molar-refractivity contribution is 1.06. The third-order valence-electron chi connectivity index (χ3n) is 3.87. The number of hydrogen-bond acceptors (Lipinski definition) is 1. The Labute approximate surface area is 99.6 Å². The molecule has 0 fully saturated rings. The summed E-state index contributed by atoms with van der Waals surface area (Å²) in [5.41, 5.74) is 9.65. The van der Waals surface area contributed by atoms with Crippen molar-refractivity contribution in [2.24, 2.45) is 4.99 Å². The van der Waals surface area contributed by atoms with Crippen LogP contribution < -0.4 is 0 Å². The van der Waals surface area contributed by atoms with E-state index in [1.807, 2.05) is 7.05 Å². The van der Waals surface area contributed by atoms with E-state index in [0.717, 1.165) is 12.1 Å². The van der Waals surface area contributed by atoms with Crippen LogP contribution in [0.2, 0.25) is 0 Å². The Morgan fingerprint density at radius 1 is 0.938 bits per heavy atom. The lowest BCUT2D eigenvalue weighted by atomic mass is 9.86. The van der Waals surface area contributed by atoms with Gasteiger partial charge in [0.25, 0.3) is 0 Å². The molecule has 1 rings (SSSR count). The van der Waals surface area contributed by atoms with Crippen molar-refractivity contribution in [1.82, 2.24) is 0 Å². The Morgan fingerprint density at radius 2 is 1.44 bits per heavy atom. The Balaban J connectivity index is 3.71. The van der Waals surface area contributed by atoms with Crippen LogP contribution in [-0.4, -0.2) is 12.8 Å². The minimum atomic E-state index is 1.08. The van der Waals surface area contributed by atoms with Gasteiger partial charge in [-0.2, -0.15) is 0 Å². The molecule has 0 saturated carbocycles. The van der Waals surface area contributed by atoms with Crippen LogP contribution in [-0.2, 0) is 6.42 Å². The molecule has 0 unspecified atom stereocenters. The highest BCUT2D eigenvalue weighted by atomic mass is 14.7. The van der Waals surface area contributed by atoms with Crippen molar-refractivity contribution in [1.29, 1.82) is 0 Å². The first kappa shape index (κ1) is 13.0. The molecule has 0 radical (unpaired) electrons. The molecule has 0 aromatic heterocycles. The first-order chi connectivity index (χ1) is 7.45. The Bertz CT molecular complexity index is 439. The quantitative estimate of drug-likeness (QED) is 0.666. The number of nitrogens with zero attached hydrogens (tertiary/aromatic N) is 1. The Morgan fingerprint density at radius 3 is 1.88 bits per heavy atom. The third-order valence-corrected chi connectivity index (χ3v) is 3.87. The minimum Gasteiger partial charge on any atom is -0.293 e. The molecule has 0 heterocycles. The maximum absolute atomic E-state index is 4.36. The van der Waals surface area contributed by atoms with E-state index in [4.69, 9.17) is 0 Å². The van der Waals surface area contributed by atoms with Gasteiger partial charge < -0.3 is 0 Å². The van der Waals surface area contributed by atoms with Gasteiger partial charge in [0.15, 0.2) is 0 Å². The van der Waals surface area contributed by atoms with E-state index in [9.17, 15) is 0 Å². The second-order valence-electron chi connectivity index (χ2n) is 4.52. The molecule has 0 spiro atoms. The van der Waals surface area contributed by atoms with Gasteiger partial charge in [0.05, 0.1) is 0 Å². The summed E-state index contributed by atoms with van der Waals surface area (Å²) in [7, 11) is 1.87. The largest absolute Gasteiger partial charge is 0.293 e. The van der Waals surface area contributed by atoms with Crippen LogP contribution in [0.5, 0.6) is 0 Å². The highest BCUT2D eigenvalue weighted by Gasteiger charge is 2.15. The summed E-state index contributed by atoms with van der Waals surface area (Å²) in [5.74, 6) is 0. The first-order valence-electron chi connectivity index (χ1n) is 5.98. The van der Waals surface area contributed by atoms with Gasteiger partial charge in [-0.25, -0.2) is 0 Å². The molecule has 16 heavy (non-hydrogen) atoms. The Hall–Kier alpha value is -1.11. The zero-order valence-corrected chi connectivity index (χ0v) is 11.7. The highest BCUT2D eigenvalue weighted by molar-refractivity contribution is 6.02. The van der Waals surface area contributed by atoms with Crippen molar-refractivity contribution >= 4 is 5.71 Å². The fourth-order valence-electron chi connectivity index (χ4n) is 2.43. The van der Waals surface area contributed by atoms with Crippen LogP contribution >= 0.6 is 0 Å². The zero-order chi connectivity index (χ0) is 12.5. The summed E-state index contributed by atoms with van der Waals surface area (Å²) in [6.45, 7) is 13.2. The molecule has 0 aliphatic carbocycles. The molecule has 88 valence electrons. The second-order valence-corrected chi connectivity index (χ2v) is 4.52. The fourth-order valence-corrected chi connectivity index (χ4v) is 2.43. The number of hydrogen-bond donors (Lipinski definition) is 0. The van der Waals surface area contributed by atoms with E-state index in [-0.39, 0.29) is 0 Å². The highest BCUT2D eigenvalue weighted by Crippen LogP contribution is 2.27. The van der Waals surface area contributed by atoms with Gasteiger partial charge in [-0.3, -0.25) is 4.99 Å². The van der Waals surface area contributed by atoms with Gasteiger partial charge in [-0.15, -0.1) is 0 Å². The van der Waals surface area contributed by atoms with Gasteiger partial charge in [-0.1, -0.05) is 6.92 Å². The lowest BCUT2D eigenvalue weighted by Gasteiger charge is -2.20. The number of aliphatic imine (C=N–C) groups is 1. The predicted molar refractivity (Wildman–Crippen MR) is 72.9 cm³/mol. The van der Waals surface area contributed by atoms with Gasteiger partial charge in [0.1, 0.15) is 0 Å². The van der Waals surface area contributed by atoms with Crippen molar-refractivity contribution < 1.29 is 0 Å². The van der Waals surface area contributed by atoms with Crippen LogP contribution in [0.15, 0.2) is 4.99 Å². The summed E-state index contributed by atoms with van der Waals surface area (Å²) < 4.78 is 0. The van der Waals surface area contributed by atoms with Gasteiger partial charge in [0, 0.05) is 18.3 Å². The maximum atomic E-state index is 4.36. The normalized spacial score (nSPS) is 12.1. The van der Waals surface area contributed by atoms with Gasteiger partial charge in [0.2, 0.25) is 0 Å². The summed E-state index contributed by atoms with van der Waals surface area (Å²) in [4.78, 5) is 4.36. The minimum absolute atomic E-state index is 1.08. The Kier molecular flexibility index (Phi) is 3.90. The van der Waals surface area contributed by atoms with E-state index in [2.05, 4.69) is 46.5 Å². The third kappa shape index (κ3) is 1.91. The smallest absolute Gasteiger partial charge is 0.0391 e. The predicted octanol–water partition coefficient (Wildman–Crippen LogP) is 3.92. The summed E-state index contributed by atoms with van der Waals surface area (Å²) in [5, 5.41) is 0. The van der Waals surface area contributed by atoms with Crippen LogP contribution in [0.1, 0.15) is 47.2 Å². The van der Waals surface area contributed by atoms with Crippen molar-refractivity contribution in [2.45, 2.75) is 48.0 Å². The maximum Gasteiger partial charge on any atom is 0.0391 e. The van der Waals surface area contributed by atoms with Crippen LogP contribution in [0.25, 0.3) is 0 Å². The molecular formula is C15H23N. The van der Waals surface area contributed by atoms with Crippen LogP contribution in [0.4, 0.5) is 0 Å². The molecule has 1 aromatic rings. The first-order valence-corrected chi connectivity index (χ1v) is 5.98. The average Bonchev–Trinajstić information content (AvgIpc) is 2.29. The molecule has 0 saturated heterocycles. The summed E-state index contributed by atoms with van der Waals surface area (Å²) >= 11 is 0. The van der Waals surface area contributed by atoms with E-state index in [1.165, 1.54) is 33.4 Å². The molecule has 0 aliphatic heterocycles. The summed E-state index contributed by atoms with van der Waals surface area (Å²) in [6.07, 6.45) is 1.08. The molecule has 1 aromatic carbocycles. The number of rotatable bonds is 2.